The predicted octanol–water partition coefficient (Wildman–Crippen LogP) is 2.82. The van der Waals surface area contributed by atoms with Gasteiger partial charge in [0.15, 0.2) is 0 Å². The smallest absolute Gasteiger partial charge is 0.326 e. The van der Waals surface area contributed by atoms with Crippen LogP contribution < -0.4 is 5.32 Å². The summed E-state index contributed by atoms with van der Waals surface area (Å²) >= 11 is 0. The Morgan fingerprint density at radius 1 is 1.39 bits per heavy atom. The second kappa shape index (κ2) is 5.53. The van der Waals surface area contributed by atoms with Crippen LogP contribution in [0.4, 0.5) is 0 Å². The Morgan fingerprint density at radius 2 is 2.11 bits per heavy atom. The summed E-state index contributed by atoms with van der Waals surface area (Å²) in [5, 5.41) is 3.46. The molecule has 3 heteroatoms. The van der Waals surface area contributed by atoms with Crippen molar-refractivity contribution >= 4 is 5.97 Å². The molecule has 0 spiro atoms. The third-order valence-electron chi connectivity index (χ3n) is 3.56. The molecule has 1 aromatic rings. The van der Waals surface area contributed by atoms with Gasteiger partial charge in [0.25, 0.3) is 0 Å². The number of morpholine rings is 1. The summed E-state index contributed by atoms with van der Waals surface area (Å²) in [5.41, 5.74) is 0.627. The largest absolute Gasteiger partial charge is 0.462 e. The van der Waals surface area contributed by atoms with E-state index in [2.05, 4.69) is 24.4 Å². The number of rotatable bonds is 4. The number of benzene rings is 1. The van der Waals surface area contributed by atoms with Crippen LogP contribution in [0.25, 0.3) is 0 Å². The van der Waals surface area contributed by atoms with Gasteiger partial charge in [-0.1, -0.05) is 50.1 Å². The van der Waals surface area contributed by atoms with E-state index in [0.717, 1.165) is 19.3 Å². The maximum absolute atomic E-state index is 11.9. The van der Waals surface area contributed by atoms with Gasteiger partial charge in [-0.2, -0.15) is 0 Å². The highest BCUT2D eigenvalue weighted by Crippen LogP contribution is 2.27. The molecule has 0 radical (unpaired) electrons. The highest BCUT2D eigenvalue weighted by molar-refractivity contribution is 5.81. The van der Waals surface area contributed by atoms with Gasteiger partial charge in [-0.05, 0) is 18.9 Å². The Morgan fingerprint density at radius 3 is 2.78 bits per heavy atom. The number of ether oxygens (including phenoxy) is 1. The number of nitrogens with one attached hydrogen (secondary N) is 1. The van der Waals surface area contributed by atoms with Gasteiger partial charge in [0.1, 0.15) is 12.1 Å². The monoisotopic (exact) mass is 247 g/mol. The highest BCUT2D eigenvalue weighted by Gasteiger charge is 2.40. The number of esters is 1. The molecular formula is C15H21NO2. The van der Waals surface area contributed by atoms with Crippen LogP contribution in [-0.4, -0.2) is 18.1 Å². The molecule has 1 saturated heterocycles. The molecule has 1 aliphatic heterocycles. The van der Waals surface area contributed by atoms with Gasteiger partial charge < -0.3 is 4.74 Å². The van der Waals surface area contributed by atoms with E-state index in [0.29, 0.717) is 6.61 Å². The van der Waals surface area contributed by atoms with Crippen LogP contribution in [0.3, 0.4) is 0 Å². The van der Waals surface area contributed by atoms with Crippen molar-refractivity contribution < 1.29 is 9.53 Å². The van der Waals surface area contributed by atoms with E-state index in [1.165, 1.54) is 5.56 Å². The normalized spacial score (nSPS) is 27.9. The lowest BCUT2D eigenvalue weighted by atomic mass is 9.91. The average Bonchev–Trinajstić information content (AvgIpc) is 2.41. The number of hydrogen-bond donors (Lipinski definition) is 1. The minimum atomic E-state index is -0.547. The van der Waals surface area contributed by atoms with Gasteiger partial charge in [-0.15, -0.1) is 0 Å². The number of carbonyl (C=O) groups excluding carboxylic acids is 1. The second-order valence-corrected chi connectivity index (χ2v) is 5.14. The van der Waals surface area contributed by atoms with E-state index in [1.54, 1.807) is 0 Å². The summed E-state index contributed by atoms with van der Waals surface area (Å²) in [5.74, 6) is -0.122. The van der Waals surface area contributed by atoms with Crippen molar-refractivity contribution in [1.29, 1.82) is 0 Å². The van der Waals surface area contributed by atoms with E-state index >= 15 is 0 Å². The molecule has 0 aliphatic carbocycles. The lowest BCUT2D eigenvalue weighted by Gasteiger charge is -2.38. The number of carbonyl (C=O) groups is 1. The van der Waals surface area contributed by atoms with Crippen LogP contribution in [0.2, 0.25) is 0 Å². The Bertz CT molecular complexity index is 404. The molecule has 18 heavy (non-hydrogen) atoms. The Hall–Kier alpha value is -1.35. The Balaban J connectivity index is 2.11. The maximum atomic E-state index is 11.9. The summed E-state index contributed by atoms with van der Waals surface area (Å²) in [6, 6.07) is 10.3. The van der Waals surface area contributed by atoms with Crippen molar-refractivity contribution in [2.75, 3.05) is 6.61 Å². The standard InChI is InChI=1S/C15H21NO2/c1-3-4-10-15(2)14(17)18-11-13(16-15)12-8-6-5-7-9-12/h5-9,13,16H,3-4,10-11H2,1-2H3. The molecule has 2 unspecified atom stereocenters. The van der Waals surface area contributed by atoms with E-state index in [9.17, 15) is 4.79 Å². The molecule has 0 bridgehead atoms. The molecule has 2 rings (SSSR count). The van der Waals surface area contributed by atoms with Crippen molar-refractivity contribution in [2.45, 2.75) is 44.7 Å². The topological polar surface area (TPSA) is 38.3 Å². The zero-order valence-corrected chi connectivity index (χ0v) is 11.1. The Labute approximate surface area is 109 Å². The second-order valence-electron chi connectivity index (χ2n) is 5.14. The number of cyclic esters (lactones) is 1. The zero-order chi connectivity index (χ0) is 13.0. The van der Waals surface area contributed by atoms with Gasteiger partial charge in [0.05, 0.1) is 6.04 Å². The molecule has 1 N–H and O–H groups in total. The Kier molecular flexibility index (Phi) is 4.02. The molecule has 0 saturated carbocycles. The zero-order valence-electron chi connectivity index (χ0n) is 11.1. The number of unbranched alkanes of at least 4 members (excludes halogenated alkanes) is 1. The minimum absolute atomic E-state index is 0.103. The van der Waals surface area contributed by atoms with E-state index in [-0.39, 0.29) is 12.0 Å². The summed E-state index contributed by atoms with van der Waals surface area (Å²) in [6.07, 6.45) is 2.94. The molecule has 1 heterocycles. The van der Waals surface area contributed by atoms with Gasteiger partial charge in [-0.25, -0.2) is 0 Å². The van der Waals surface area contributed by atoms with E-state index < -0.39 is 5.54 Å². The average molecular weight is 247 g/mol. The van der Waals surface area contributed by atoms with Crippen LogP contribution in [0, 0.1) is 0 Å². The molecule has 98 valence electrons. The summed E-state index contributed by atoms with van der Waals surface area (Å²) in [6.45, 7) is 4.50. The van der Waals surface area contributed by atoms with Gasteiger partial charge in [0, 0.05) is 0 Å². The fourth-order valence-electron chi connectivity index (χ4n) is 2.37. The van der Waals surface area contributed by atoms with Crippen molar-refractivity contribution in [2.24, 2.45) is 0 Å². The first-order valence-electron chi connectivity index (χ1n) is 6.65. The van der Waals surface area contributed by atoms with Crippen molar-refractivity contribution in [3.05, 3.63) is 35.9 Å². The quantitative estimate of drug-likeness (QED) is 0.831. The maximum Gasteiger partial charge on any atom is 0.326 e. The number of hydrogen-bond acceptors (Lipinski definition) is 3. The SMILES string of the molecule is CCCCC1(C)NC(c2ccccc2)COC1=O. The molecular weight excluding hydrogens is 226 g/mol. The summed E-state index contributed by atoms with van der Waals surface area (Å²) in [7, 11) is 0. The first kappa shape index (κ1) is 13.1. The molecule has 3 nitrogen and oxygen atoms in total. The van der Waals surface area contributed by atoms with Gasteiger partial charge in [-0.3, -0.25) is 10.1 Å². The predicted molar refractivity (Wildman–Crippen MR) is 71.2 cm³/mol. The van der Waals surface area contributed by atoms with Crippen LogP contribution in [-0.2, 0) is 9.53 Å². The van der Waals surface area contributed by atoms with Gasteiger partial charge in [0.2, 0.25) is 0 Å². The van der Waals surface area contributed by atoms with Crippen molar-refractivity contribution in [3.8, 4) is 0 Å². The van der Waals surface area contributed by atoms with Crippen LogP contribution in [0.15, 0.2) is 30.3 Å². The lowest BCUT2D eigenvalue weighted by molar-refractivity contribution is -0.158. The third kappa shape index (κ3) is 2.72. The minimum Gasteiger partial charge on any atom is -0.462 e. The summed E-state index contributed by atoms with van der Waals surface area (Å²) in [4.78, 5) is 11.9. The van der Waals surface area contributed by atoms with Gasteiger partial charge >= 0.3 is 5.97 Å². The first-order chi connectivity index (χ1) is 8.65. The van der Waals surface area contributed by atoms with Crippen LogP contribution >= 0.6 is 0 Å². The molecule has 0 aromatic heterocycles. The first-order valence-corrected chi connectivity index (χ1v) is 6.65. The third-order valence-corrected chi connectivity index (χ3v) is 3.56. The fraction of sp³-hybridized carbons (Fsp3) is 0.533. The molecule has 0 amide bonds. The van der Waals surface area contributed by atoms with Crippen molar-refractivity contribution in [3.63, 3.8) is 0 Å². The van der Waals surface area contributed by atoms with Crippen LogP contribution in [0.1, 0.15) is 44.7 Å². The molecule has 2 atom stereocenters. The van der Waals surface area contributed by atoms with E-state index in [4.69, 9.17) is 4.74 Å². The van der Waals surface area contributed by atoms with Crippen molar-refractivity contribution in [1.82, 2.24) is 5.32 Å². The van der Waals surface area contributed by atoms with E-state index in [1.807, 2.05) is 25.1 Å². The molecule has 1 fully saturated rings. The molecule has 1 aromatic carbocycles. The fourth-order valence-corrected chi connectivity index (χ4v) is 2.37. The lowest BCUT2D eigenvalue weighted by Crippen LogP contribution is -2.56. The summed E-state index contributed by atoms with van der Waals surface area (Å²) < 4.78 is 5.36. The highest BCUT2D eigenvalue weighted by atomic mass is 16.5. The molecule has 1 aliphatic rings. The van der Waals surface area contributed by atoms with Crippen LogP contribution in [0.5, 0.6) is 0 Å².